The summed E-state index contributed by atoms with van der Waals surface area (Å²) in [4.78, 5) is 0. The topological polar surface area (TPSA) is 42.0 Å². The number of ether oxygens (including phenoxy) is 2. The molecule has 0 amide bonds. The molecule has 0 aliphatic carbocycles. The van der Waals surface area contributed by atoms with Crippen LogP contribution >= 0.6 is 15.9 Å². The molecule has 1 fully saturated rings. The summed E-state index contributed by atoms with van der Waals surface area (Å²) < 4.78 is 11.7. The normalized spacial score (nSPS) is 24.1. The maximum atomic E-state index is 8.74. The molecule has 0 bridgehead atoms. The summed E-state index contributed by atoms with van der Waals surface area (Å²) in [5.74, 6) is 0. The SMILES string of the molecule is OC[C@@H]1O[C@H]1COCc1ccc(Br)cc1. The Morgan fingerprint density at radius 2 is 2.00 bits per heavy atom. The maximum Gasteiger partial charge on any atom is 0.110 e. The fraction of sp³-hybridized carbons (Fsp3) is 0.455. The van der Waals surface area contributed by atoms with E-state index in [1.54, 1.807) is 0 Å². The molecule has 0 aromatic heterocycles. The Labute approximate surface area is 97.1 Å². The summed E-state index contributed by atoms with van der Waals surface area (Å²) in [6.45, 7) is 1.24. The minimum absolute atomic E-state index is 0.00471. The zero-order chi connectivity index (χ0) is 10.7. The van der Waals surface area contributed by atoms with E-state index in [1.807, 2.05) is 24.3 Å². The lowest BCUT2D eigenvalue weighted by Gasteiger charge is -2.02. The molecule has 1 N–H and O–H groups in total. The third kappa shape index (κ3) is 3.28. The summed E-state index contributed by atoms with van der Waals surface area (Å²) in [5.41, 5.74) is 1.14. The van der Waals surface area contributed by atoms with Gasteiger partial charge in [-0.1, -0.05) is 28.1 Å². The van der Waals surface area contributed by atoms with Gasteiger partial charge in [0, 0.05) is 4.47 Å². The fourth-order valence-electron chi connectivity index (χ4n) is 1.36. The predicted molar refractivity (Wildman–Crippen MR) is 59.5 cm³/mol. The van der Waals surface area contributed by atoms with E-state index < -0.39 is 0 Å². The van der Waals surface area contributed by atoms with Crippen molar-refractivity contribution in [2.75, 3.05) is 13.2 Å². The van der Waals surface area contributed by atoms with Crippen molar-refractivity contribution in [3.8, 4) is 0 Å². The van der Waals surface area contributed by atoms with Crippen LogP contribution in [-0.4, -0.2) is 30.5 Å². The number of epoxide rings is 1. The zero-order valence-electron chi connectivity index (χ0n) is 8.23. The van der Waals surface area contributed by atoms with E-state index in [0.29, 0.717) is 13.2 Å². The second-order valence-electron chi connectivity index (χ2n) is 3.54. The van der Waals surface area contributed by atoms with Crippen LogP contribution in [0, 0.1) is 0 Å². The smallest absolute Gasteiger partial charge is 0.110 e. The first-order chi connectivity index (χ1) is 7.29. The van der Waals surface area contributed by atoms with Crippen molar-refractivity contribution in [1.82, 2.24) is 0 Å². The van der Waals surface area contributed by atoms with Crippen molar-refractivity contribution >= 4 is 15.9 Å². The molecule has 0 spiro atoms. The Hall–Kier alpha value is -0.420. The lowest BCUT2D eigenvalue weighted by molar-refractivity contribution is 0.104. The third-order valence-corrected chi connectivity index (χ3v) is 2.86. The Morgan fingerprint density at radius 3 is 2.60 bits per heavy atom. The van der Waals surface area contributed by atoms with Crippen LogP contribution < -0.4 is 0 Å². The van der Waals surface area contributed by atoms with Crippen LogP contribution in [0.5, 0.6) is 0 Å². The van der Waals surface area contributed by atoms with Gasteiger partial charge in [-0.25, -0.2) is 0 Å². The van der Waals surface area contributed by atoms with Crippen LogP contribution in [0.15, 0.2) is 28.7 Å². The molecule has 1 aliphatic heterocycles. The van der Waals surface area contributed by atoms with E-state index in [0.717, 1.165) is 10.0 Å². The Kier molecular flexibility index (Phi) is 3.75. The molecule has 15 heavy (non-hydrogen) atoms. The van der Waals surface area contributed by atoms with Gasteiger partial charge < -0.3 is 14.6 Å². The fourth-order valence-corrected chi connectivity index (χ4v) is 1.62. The molecule has 2 atom stereocenters. The quantitative estimate of drug-likeness (QED) is 0.831. The van der Waals surface area contributed by atoms with Crippen LogP contribution in [0.4, 0.5) is 0 Å². The molecule has 82 valence electrons. The molecule has 1 saturated heterocycles. The number of aliphatic hydroxyl groups is 1. The molecule has 4 heteroatoms. The Balaban J connectivity index is 1.68. The van der Waals surface area contributed by atoms with Crippen molar-refractivity contribution < 1.29 is 14.6 Å². The van der Waals surface area contributed by atoms with Crippen molar-refractivity contribution in [2.45, 2.75) is 18.8 Å². The summed E-state index contributed by atoms with van der Waals surface area (Å²) in [7, 11) is 0. The van der Waals surface area contributed by atoms with E-state index in [-0.39, 0.29) is 18.8 Å². The van der Waals surface area contributed by atoms with Gasteiger partial charge in [-0.15, -0.1) is 0 Å². The monoisotopic (exact) mass is 272 g/mol. The third-order valence-electron chi connectivity index (χ3n) is 2.33. The molecule has 2 rings (SSSR count). The highest BCUT2D eigenvalue weighted by Gasteiger charge is 2.37. The second kappa shape index (κ2) is 5.07. The number of rotatable bonds is 5. The van der Waals surface area contributed by atoms with Gasteiger partial charge in [-0.3, -0.25) is 0 Å². The molecular formula is C11H13BrO3. The molecule has 1 aromatic carbocycles. The Morgan fingerprint density at radius 1 is 1.27 bits per heavy atom. The molecule has 1 heterocycles. The highest BCUT2D eigenvalue weighted by atomic mass is 79.9. The molecule has 0 unspecified atom stereocenters. The Bertz CT molecular complexity index is 312. The van der Waals surface area contributed by atoms with Gasteiger partial charge in [0.05, 0.1) is 19.8 Å². The second-order valence-corrected chi connectivity index (χ2v) is 4.45. The number of aliphatic hydroxyl groups excluding tert-OH is 1. The molecular weight excluding hydrogens is 260 g/mol. The number of hydrogen-bond acceptors (Lipinski definition) is 3. The lowest BCUT2D eigenvalue weighted by Crippen LogP contribution is -2.07. The molecule has 1 aromatic rings. The first-order valence-corrected chi connectivity index (χ1v) is 5.67. The standard InChI is InChI=1S/C11H13BrO3/c12-9-3-1-8(2-4-9)6-14-7-11-10(5-13)15-11/h1-4,10-11,13H,5-7H2/t10-,11-/m0/s1. The van der Waals surface area contributed by atoms with E-state index in [1.165, 1.54) is 0 Å². The largest absolute Gasteiger partial charge is 0.394 e. The first kappa shape index (κ1) is 11.1. The van der Waals surface area contributed by atoms with Gasteiger partial charge >= 0.3 is 0 Å². The van der Waals surface area contributed by atoms with Crippen LogP contribution in [0.2, 0.25) is 0 Å². The number of hydrogen-bond donors (Lipinski definition) is 1. The highest BCUT2D eigenvalue weighted by Crippen LogP contribution is 2.21. The summed E-state index contributed by atoms with van der Waals surface area (Å²) in [5, 5.41) is 8.74. The average molecular weight is 273 g/mol. The van der Waals surface area contributed by atoms with Crippen molar-refractivity contribution in [3.63, 3.8) is 0 Å². The molecule has 1 aliphatic rings. The van der Waals surface area contributed by atoms with Crippen molar-refractivity contribution in [1.29, 1.82) is 0 Å². The van der Waals surface area contributed by atoms with Crippen LogP contribution in [0.3, 0.4) is 0 Å². The van der Waals surface area contributed by atoms with Gasteiger partial charge in [-0.05, 0) is 17.7 Å². The van der Waals surface area contributed by atoms with E-state index in [9.17, 15) is 0 Å². The summed E-state index contributed by atoms with van der Waals surface area (Å²) in [6.07, 6.45) is 0.0837. The van der Waals surface area contributed by atoms with Crippen molar-refractivity contribution in [2.24, 2.45) is 0 Å². The van der Waals surface area contributed by atoms with Crippen molar-refractivity contribution in [3.05, 3.63) is 34.3 Å². The highest BCUT2D eigenvalue weighted by molar-refractivity contribution is 9.10. The number of benzene rings is 1. The summed E-state index contributed by atoms with van der Waals surface area (Å²) >= 11 is 3.38. The van der Waals surface area contributed by atoms with E-state index in [2.05, 4.69) is 15.9 Å². The van der Waals surface area contributed by atoms with Gasteiger partial charge in [0.15, 0.2) is 0 Å². The molecule has 3 nitrogen and oxygen atoms in total. The molecule has 0 radical (unpaired) electrons. The predicted octanol–water partition coefficient (Wildman–Crippen LogP) is 1.73. The van der Waals surface area contributed by atoms with E-state index in [4.69, 9.17) is 14.6 Å². The maximum absolute atomic E-state index is 8.74. The van der Waals surface area contributed by atoms with Crippen LogP contribution in [0.1, 0.15) is 5.56 Å². The zero-order valence-corrected chi connectivity index (χ0v) is 9.81. The van der Waals surface area contributed by atoms with E-state index >= 15 is 0 Å². The van der Waals surface area contributed by atoms with Gasteiger partial charge in [0.2, 0.25) is 0 Å². The average Bonchev–Trinajstić information content (AvgIpc) is 3.00. The first-order valence-electron chi connectivity index (χ1n) is 4.88. The minimum Gasteiger partial charge on any atom is -0.394 e. The lowest BCUT2D eigenvalue weighted by atomic mass is 10.2. The number of halogens is 1. The van der Waals surface area contributed by atoms with Crippen LogP contribution in [-0.2, 0) is 16.1 Å². The molecule has 0 saturated carbocycles. The van der Waals surface area contributed by atoms with Gasteiger partial charge in [0.1, 0.15) is 12.2 Å². The minimum atomic E-state index is -0.00471. The summed E-state index contributed by atoms with van der Waals surface area (Å²) in [6, 6.07) is 8.01. The van der Waals surface area contributed by atoms with Gasteiger partial charge in [-0.2, -0.15) is 0 Å². The van der Waals surface area contributed by atoms with Crippen LogP contribution in [0.25, 0.3) is 0 Å². The van der Waals surface area contributed by atoms with Gasteiger partial charge in [0.25, 0.3) is 0 Å².